The van der Waals surface area contributed by atoms with Crippen molar-refractivity contribution in [2.24, 2.45) is 0 Å². The molecule has 0 aliphatic carbocycles. The van der Waals surface area contributed by atoms with Gasteiger partial charge in [0.1, 0.15) is 5.69 Å². The van der Waals surface area contributed by atoms with Crippen LogP contribution in [0.5, 0.6) is 0 Å². The second kappa shape index (κ2) is 8.30. The van der Waals surface area contributed by atoms with Crippen LogP contribution in [-0.2, 0) is 6.42 Å². The van der Waals surface area contributed by atoms with Crippen LogP contribution in [0.15, 0.2) is 72.9 Å². The maximum atomic E-state index is 12.4. The number of benzene rings is 2. The molecular weight excluding hydrogens is 322 g/mol. The molecule has 132 valence electrons. The first kappa shape index (κ1) is 17.7. The van der Waals surface area contributed by atoms with Gasteiger partial charge in [0.05, 0.1) is 11.9 Å². The van der Waals surface area contributed by atoms with Crippen molar-refractivity contribution in [3.05, 3.63) is 89.7 Å². The number of amides is 1. The molecule has 2 N–H and O–H groups in total. The maximum absolute atomic E-state index is 12.4. The second-order valence-electron chi connectivity index (χ2n) is 6.17. The van der Waals surface area contributed by atoms with Crippen molar-refractivity contribution in [2.45, 2.75) is 26.3 Å². The molecule has 0 saturated carbocycles. The third-order valence-corrected chi connectivity index (χ3v) is 4.33. The first-order valence-electron chi connectivity index (χ1n) is 8.84. The molecule has 4 heteroatoms. The van der Waals surface area contributed by atoms with Gasteiger partial charge < -0.3 is 10.6 Å². The number of anilines is 2. The van der Waals surface area contributed by atoms with E-state index in [4.69, 9.17) is 0 Å². The topological polar surface area (TPSA) is 54.0 Å². The Labute approximate surface area is 154 Å². The average Bonchev–Trinajstić information content (AvgIpc) is 2.69. The number of hydrogen-bond acceptors (Lipinski definition) is 3. The minimum Gasteiger partial charge on any atom is -0.377 e. The Kier molecular flexibility index (Phi) is 5.64. The van der Waals surface area contributed by atoms with E-state index in [2.05, 4.69) is 41.6 Å². The predicted molar refractivity (Wildman–Crippen MR) is 106 cm³/mol. The summed E-state index contributed by atoms with van der Waals surface area (Å²) in [7, 11) is 0. The van der Waals surface area contributed by atoms with E-state index >= 15 is 0 Å². The maximum Gasteiger partial charge on any atom is 0.274 e. The van der Waals surface area contributed by atoms with Gasteiger partial charge in [-0.25, -0.2) is 4.98 Å². The van der Waals surface area contributed by atoms with Crippen LogP contribution < -0.4 is 10.6 Å². The molecule has 1 unspecified atom stereocenters. The smallest absolute Gasteiger partial charge is 0.274 e. The molecule has 0 bridgehead atoms. The fraction of sp³-hybridized carbons (Fsp3) is 0.182. The Morgan fingerprint density at radius 3 is 2.42 bits per heavy atom. The number of pyridine rings is 1. The fourth-order valence-corrected chi connectivity index (χ4v) is 2.83. The zero-order chi connectivity index (χ0) is 18.4. The van der Waals surface area contributed by atoms with Crippen molar-refractivity contribution in [1.29, 1.82) is 0 Å². The van der Waals surface area contributed by atoms with Gasteiger partial charge in [-0.1, -0.05) is 55.5 Å². The van der Waals surface area contributed by atoms with Crippen LogP contribution in [0.25, 0.3) is 0 Å². The van der Waals surface area contributed by atoms with Gasteiger partial charge >= 0.3 is 0 Å². The molecule has 3 rings (SSSR count). The summed E-state index contributed by atoms with van der Waals surface area (Å²) < 4.78 is 0. The summed E-state index contributed by atoms with van der Waals surface area (Å²) in [6.07, 6.45) is 2.56. The third-order valence-electron chi connectivity index (χ3n) is 4.33. The van der Waals surface area contributed by atoms with Crippen molar-refractivity contribution in [1.82, 2.24) is 4.98 Å². The molecular formula is C22H23N3O. The summed E-state index contributed by atoms with van der Waals surface area (Å²) in [5, 5.41) is 6.34. The molecule has 0 saturated heterocycles. The van der Waals surface area contributed by atoms with Gasteiger partial charge in [0.2, 0.25) is 0 Å². The highest BCUT2D eigenvalue weighted by molar-refractivity contribution is 6.03. The average molecular weight is 345 g/mol. The van der Waals surface area contributed by atoms with Gasteiger partial charge in [-0.15, -0.1) is 0 Å². The van der Waals surface area contributed by atoms with E-state index in [1.165, 1.54) is 5.56 Å². The number of aryl methyl sites for hydroxylation is 1. The molecule has 0 fully saturated rings. The minimum absolute atomic E-state index is 0.161. The van der Waals surface area contributed by atoms with Gasteiger partial charge in [-0.3, -0.25) is 4.79 Å². The zero-order valence-electron chi connectivity index (χ0n) is 15.1. The van der Waals surface area contributed by atoms with Gasteiger partial charge in [-0.05, 0) is 42.7 Å². The number of carbonyl (C=O) groups is 1. The summed E-state index contributed by atoms with van der Waals surface area (Å²) in [5.74, 6) is -0.200. The first-order valence-corrected chi connectivity index (χ1v) is 8.84. The number of nitrogens with one attached hydrogen (secondary N) is 2. The van der Waals surface area contributed by atoms with Crippen LogP contribution in [0, 0.1) is 0 Å². The summed E-state index contributed by atoms with van der Waals surface area (Å²) in [4.78, 5) is 16.7. The molecule has 1 atom stereocenters. The lowest BCUT2D eigenvalue weighted by molar-refractivity contribution is 0.102. The van der Waals surface area contributed by atoms with Crippen LogP contribution in [-0.4, -0.2) is 10.9 Å². The zero-order valence-corrected chi connectivity index (χ0v) is 15.1. The Hall–Kier alpha value is -3.14. The molecule has 0 spiro atoms. The second-order valence-corrected chi connectivity index (χ2v) is 6.17. The molecule has 1 aromatic heterocycles. The third kappa shape index (κ3) is 4.28. The number of nitrogens with zero attached hydrogens (tertiary/aromatic N) is 1. The van der Waals surface area contributed by atoms with E-state index in [0.717, 1.165) is 23.4 Å². The van der Waals surface area contributed by atoms with Crippen molar-refractivity contribution < 1.29 is 4.79 Å². The lowest BCUT2D eigenvalue weighted by Crippen LogP contribution is -2.15. The highest BCUT2D eigenvalue weighted by Crippen LogP contribution is 2.19. The molecule has 0 radical (unpaired) electrons. The molecule has 1 heterocycles. The summed E-state index contributed by atoms with van der Waals surface area (Å²) in [6, 6.07) is 21.8. The van der Waals surface area contributed by atoms with Crippen LogP contribution in [0.3, 0.4) is 0 Å². The highest BCUT2D eigenvalue weighted by atomic mass is 16.1. The van der Waals surface area contributed by atoms with Crippen LogP contribution in [0.2, 0.25) is 0 Å². The predicted octanol–water partition coefficient (Wildman–Crippen LogP) is 5.07. The first-order chi connectivity index (χ1) is 12.7. The van der Waals surface area contributed by atoms with Crippen molar-refractivity contribution in [3.8, 4) is 0 Å². The van der Waals surface area contributed by atoms with E-state index < -0.39 is 0 Å². The Balaban J connectivity index is 1.66. The standard InChI is InChI=1S/C22H23N3O/c1-3-17-9-7-8-12-20(17)25-22(26)21-14-13-19(15-23-21)24-16(2)18-10-5-4-6-11-18/h4-16,24H,3H2,1-2H3,(H,25,26). The van der Waals surface area contributed by atoms with Crippen LogP contribution >= 0.6 is 0 Å². The van der Waals surface area contributed by atoms with Gasteiger partial charge in [0, 0.05) is 11.7 Å². The Morgan fingerprint density at radius 1 is 1.00 bits per heavy atom. The number of aromatic nitrogens is 1. The molecule has 2 aromatic carbocycles. The molecule has 4 nitrogen and oxygen atoms in total. The summed E-state index contributed by atoms with van der Waals surface area (Å²) >= 11 is 0. The van der Waals surface area contributed by atoms with Crippen molar-refractivity contribution >= 4 is 17.3 Å². The number of carbonyl (C=O) groups excluding carboxylic acids is 1. The molecule has 1 amide bonds. The molecule has 0 aliphatic rings. The Bertz CT molecular complexity index is 860. The largest absolute Gasteiger partial charge is 0.377 e. The quantitative estimate of drug-likeness (QED) is 0.656. The monoisotopic (exact) mass is 345 g/mol. The normalized spacial score (nSPS) is 11.6. The molecule has 26 heavy (non-hydrogen) atoms. The van der Waals surface area contributed by atoms with Crippen LogP contribution in [0.4, 0.5) is 11.4 Å². The van der Waals surface area contributed by atoms with Crippen LogP contribution in [0.1, 0.15) is 41.5 Å². The molecule has 3 aromatic rings. The Morgan fingerprint density at radius 2 is 1.73 bits per heavy atom. The SMILES string of the molecule is CCc1ccccc1NC(=O)c1ccc(NC(C)c2ccccc2)cn1. The van der Waals surface area contributed by atoms with Gasteiger partial charge in [-0.2, -0.15) is 0 Å². The van der Waals surface area contributed by atoms with Gasteiger partial charge in [0.25, 0.3) is 5.91 Å². The lowest BCUT2D eigenvalue weighted by atomic mass is 10.1. The van der Waals surface area contributed by atoms with Gasteiger partial charge in [0.15, 0.2) is 0 Å². The van der Waals surface area contributed by atoms with E-state index in [-0.39, 0.29) is 11.9 Å². The molecule has 0 aliphatic heterocycles. The summed E-state index contributed by atoms with van der Waals surface area (Å²) in [5.41, 5.74) is 4.42. The highest BCUT2D eigenvalue weighted by Gasteiger charge is 2.10. The van der Waals surface area contributed by atoms with E-state index in [0.29, 0.717) is 5.69 Å². The number of para-hydroxylation sites is 1. The lowest BCUT2D eigenvalue weighted by Gasteiger charge is -2.15. The van der Waals surface area contributed by atoms with E-state index in [1.54, 1.807) is 12.3 Å². The summed E-state index contributed by atoms with van der Waals surface area (Å²) in [6.45, 7) is 4.16. The number of rotatable bonds is 6. The number of hydrogen-bond donors (Lipinski definition) is 2. The van der Waals surface area contributed by atoms with Crippen molar-refractivity contribution in [2.75, 3.05) is 10.6 Å². The fourth-order valence-electron chi connectivity index (χ4n) is 2.83. The van der Waals surface area contributed by atoms with E-state index in [1.807, 2.05) is 48.5 Å². The van der Waals surface area contributed by atoms with E-state index in [9.17, 15) is 4.79 Å². The minimum atomic E-state index is -0.200. The van der Waals surface area contributed by atoms with Crippen molar-refractivity contribution in [3.63, 3.8) is 0 Å².